The number of aromatic nitrogens is 2. The number of aryl methyl sites for hydroxylation is 1. The minimum Gasteiger partial charge on any atom is -0.337 e. The van der Waals surface area contributed by atoms with E-state index >= 15 is 0 Å². The van der Waals surface area contributed by atoms with Gasteiger partial charge in [-0.15, -0.1) is 10.2 Å². The molecule has 1 amide bonds. The van der Waals surface area contributed by atoms with E-state index in [-0.39, 0.29) is 18.0 Å². The molecule has 2 aromatic rings. The van der Waals surface area contributed by atoms with Gasteiger partial charge in [0.25, 0.3) is 0 Å². The molecule has 0 bridgehead atoms. The van der Waals surface area contributed by atoms with Gasteiger partial charge in [-0.25, -0.2) is 0 Å². The molecule has 0 saturated heterocycles. The van der Waals surface area contributed by atoms with Crippen LogP contribution in [-0.4, -0.2) is 38.8 Å². The molecule has 1 aromatic heterocycles. The van der Waals surface area contributed by atoms with Crippen molar-refractivity contribution < 1.29 is 4.79 Å². The molecule has 0 saturated carbocycles. The Bertz CT molecular complexity index is 720. The predicted molar refractivity (Wildman–Crippen MR) is 107 cm³/mol. The van der Waals surface area contributed by atoms with Crippen LogP contribution in [0, 0.1) is 13.8 Å². The Balaban J connectivity index is 1.97. The van der Waals surface area contributed by atoms with Crippen LogP contribution in [0.2, 0.25) is 0 Å². The van der Waals surface area contributed by atoms with Crippen LogP contribution in [0.5, 0.6) is 0 Å². The summed E-state index contributed by atoms with van der Waals surface area (Å²) in [6.45, 7) is 12.3. The number of anilines is 2. The molecule has 136 valence electrons. The van der Waals surface area contributed by atoms with Crippen molar-refractivity contribution in [1.29, 1.82) is 0 Å². The van der Waals surface area contributed by atoms with Crippen molar-refractivity contribution in [2.75, 3.05) is 11.1 Å². The highest BCUT2D eigenvalue weighted by Gasteiger charge is 2.20. The first-order valence-corrected chi connectivity index (χ1v) is 10.2. The van der Waals surface area contributed by atoms with Crippen LogP contribution in [0.15, 0.2) is 22.5 Å². The lowest BCUT2D eigenvalue weighted by Gasteiger charge is -2.30. The fourth-order valence-electron chi connectivity index (χ4n) is 2.69. The van der Waals surface area contributed by atoms with Gasteiger partial charge in [0, 0.05) is 17.8 Å². The molecule has 7 heteroatoms. The summed E-state index contributed by atoms with van der Waals surface area (Å²) < 4.78 is 0.800. The third-order valence-electron chi connectivity index (χ3n) is 3.97. The van der Waals surface area contributed by atoms with Crippen molar-refractivity contribution in [3.8, 4) is 0 Å². The molecule has 0 radical (unpaired) electrons. The fraction of sp³-hybridized carbons (Fsp3) is 0.500. The lowest BCUT2D eigenvalue weighted by atomic mass is 10.1. The molecule has 0 spiro atoms. The minimum atomic E-state index is 0.134. The van der Waals surface area contributed by atoms with Crippen molar-refractivity contribution in [1.82, 2.24) is 15.1 Å². The van der Waals surface area contributed by atoms with Gasteiger partial charge in [-0.05, 0) is 58.7 Å². The van der Waals surface area contributed by atoms with Crippen molar-refractivity contribution in [2.24, 2.45) is 0 Å². The molecule has 0 aliphatic rings. The molecule has 0 fully saturated rings. The first-order valence-electron chi connectivity index (χ1n) is 8.40. The Morgan fingerprint density at radius 2 is 1.88 bits per heavy atom. The van der Waals surface area contributed by atoms with E-state index in [4.69, 9.17) is 0 Å². The number of hydrogen-bond acceptors (Lipinski definition) is 6. The van der Waals surface area contributed by atoms with Crippen LogP contribution in [0.4, 0.5) is 10.8 Å². The summed E-state index contributed by atoms with van der Waals surface area (Å²) in [5.41, 5.74) is 3.47. The zero-order valence-electron chi connectivity index (χ0n) is 15.7. The molecule has 0 unspecified atom stereocenters. The summed E-state index contributed by atoms with van der Waals surface area (Å²) in [5.74, 6) is 0.517. The highest BCUT2D eigenvalue weighted by molar-refractivity contribution is 8.01. The number of rotatable bonds is 7. The van der Waals surface area contributed by atoms with Gasteiger partial charge in [0.1, 0.15) is 0 Å². The van der Waals surface area contributed by atoms with Gasteiger partial charge in [-0.2, -0.15) is 0 Å². The van der Waals surface area contributed by atoms with Gasteiger partial charge in [-0.3, -0.25) is 4.79 Å². The molecule has 0 aliphatic heterocycles. The Hall–Kier alpha value is -1.60. The Morgan fingerprint density at radius 3 is 2.52 bits per heavy atom. The number of nitrogens with one attached hydrogen (secondary N) is 1. The number of hydrogen-bond donors (Lipinski definition) is 1. The van der Waals surface area contributed by atoms with E-state index in [2.05, 4.69) is 35.4 Å². The maximum atomic E-state index is 12.4. The van der Waals surface area contributed by atoms with Gasteiger partial charge in [0.2, 0.25) is 11.0 Å². The molecule has 25 heavy (non-hydrogen) atoms. The zero-order chi connectivity index (χ0) is 18.6. The molecule has 0 atom stereocenters. The highest BCUT2D eigenvalue weighted by Crippen LogP contribution is 2.29. The first kappa shape index (κ1) is 19.7. The Labute approximate surface area is 158 Å². The zero-order valence-corrected chi connectivity index (χ0v) is 17.3. The van der Waals surface area contributed by atoms with Crippen molar-refractivity contribution in [2.45, 2.75) is 58.0 Å². The van der Waals surface area contributed by atoms with E-state index in [9.17, 15) is 4.79 Å². The fourth-order valence-corrected chi connectivity index (χ4v) is 4.32. The first-order chi connectivity index (χ1) is 11.8. The van der Waals surface area contributed by atoms with Crippen LogP contribution in [0.1, 0.15) is 38.8 Å². The van der Waals surface area contributed by atoms with Crippen LogP contribution < -0.4 is 5.32 Å². The van der Waals surface area contributed by atoms with Crippen LogP contribution in [-0.2, 0) is 4.79 Å². The summed E-state index contributed by atoms with van der Waals surface area (Å²) >= 11 is 2.92. The van der Waals surface area contributed by atoms with E-state index < -0.39 is 0 Å². The van der Waals surface area contributed by atoms with Gasteiger partial charge >= 0.3 is 0 Å². The smallest absolute Gasteiger partial charge is 0.233 e. The van der Waals surface area contributed by atoms with Gasteiger partial charge in [0.15, 0.2) is 4.34 Å². The van der Waals surface area contributed by atoms with Crippen molar-refractivity contribution in [3.63, 3.8) is 0 Å². The standard InChI is InChI=1S/C18H26N4OS2/c1-11(2)22(12(3)4)16(23)10-24-18-21-20-17(25-18)19-15-9-7-8-13(5)14(15)6/h7-9,11-12H,10H2,1-6H3,(H,19,20). The number of amides is 1. The Morgan fingerprint density at radius 1 is 1.20 bits per heavy atom. The predicted octanol–water partition coefficient (Wildman–Crippen LogP) is 4.64. The van der Waals surface area contributed by atoms with Gasteiger partial charge in [-0.1, -0.05) is 35.2 Å². The maximum absolute atomic E-state index is 12.4. The normalized spacial score (nSPS) is 11.2. The van der Waals surface area contributed by atoms with E-state index in [1.165, 1.54) is 34.2 Å². The van der Waals surface area contributed by atoms with Crippen LogP contribution >= 0.6 is 23.1 Å². The largest absolute Gasteiger partial charge is 0.337 e. The highest BCUT2D eigenvalue weighted by atomic mass is 32.2. The second-order valence-corrected chi connectivity index (χ2v) is 8.72. The van der Waals surface area contributed by atoms with E-state index in [1.807, 2.05) is 44.7 Å². The summed E-state index contributed by atoms with van der Waals surface area (Å²) in [4.78, 5) is 14.3. The van der Waals surface area contributed by atoms with Gasteiger partial charge < -0.3 is 10.2 Å². The monoisotopic (exact) mass is 378 g/mol. The summed E-state index contributed by atoms with van der Waals surface area (Å²) in [5, 5.41) is 12.4. The maximum Gasteiger partial charge on any atom is 0.233 e. The SMILES string of the molecule is Cc1cccc(Nc2nnc(SCC(=O)N(C(C)C)C(C)C)s2)c1C. The third kappa shape index (κ3) is 5.19. The number of carbonyl (C=O) groups is 1. The second kappa shape index (κ2) is 8.67. The molecular weight excluding hydrogens is 352 g/mol. The molecule has 5 nitrogen and oxygen atoms in total. The second-order valence-electron chi connectivity index (χ2n) is 6.52. The van der Waals surface area contributed by atoms with E-state index in [0.29, 0.717) is 5.75 Å². The quantitative estimate of drug-likeness (QED) is 0.712. The van der Waals surface area contributed by atoms with Crippen LogP contribution in [0.25, 0.3) is 0 Å². The van der Waals surface area contributed by atoms with E-state index in [1.54, 1.807) is 0 Å². The average Bonchev–Trinajstić information content (AvgIpc) is 2.97. The van der Waals surface area contributed by atoms with Crippen molar-refractivity contribution >= 4 is 39.8 Å². The summed E-state index contributed by atoms with van der Waals surface area (Å²) in [6.07, 6.45) is 0. The third-order valence-corrected chi connectivity index (χ3v) is 5.93. The number of carbonyl (C=O) groups excluding carboxylic acids is 1. The summed E-state index contributed by atoms with van der Waals surface area (Å²) in [7, 11) is 0. The molecule has 1 N–H and O–H groups in total. The van der Waals surface area contributed by atoms with Gasteiger partial charge in [0.05, 0.1) is 5.75 Å². The number of thioether (sulfide) groups is 1. The topological polar surface area (TPSA) is 58.1 Å². The minimum absolute atomic E-state index is 0.134. The van der Waals surface area contributed by atoms with Crippen molar-refractivity contribution in [3.05, 3.63) is 29.3 Å². The number of benzene rings is 1. The molecule has 0 aliphatic carbocycles. The lowest BCUT2D eigenvalue weighted by molar-refractivity contribution is -0.131. The van der Waals surface area contributed by atoms with Crippen LogP contribution in [0.3, 0.4) is 0 Å². The molecular formula is C18H26N4OS2. The summed E-state index contributed by atoms with van der Waals surface area (Å²) in [6, 6.07) is 6.53. The van der Waals surface area contributed by atoms with E-state index in [0.717, 1.165) is 15.2 Å². The molecule has 1 aromatic carbocycles. The number of nitrogens with zero attached hydrogens (tertiary/aromatic N) is 3. The lowest BCUT2D eigenvalue weighted by Crippen LogP contribution is -2.43. The Kier molecular flexibility index (Phi) is 6.84. The molecule has 2 rings (SSSR count). The molecule has 1 heterocycles. The average molecular weight is 379 g/mol.